The van der Waals surface area contributed by atoms with Crippen molar-refractivity contribution in [1.29, 1.82) is 0 Å². The van der Waals surface area contributed by atoms with Gasteiger partial charge >= 0.3 is 5.97 Å². The van der Waals surface area contributed by atoms with Crippen LogP contribution in [0.3, 0.4) is 0 Å². The van der Waals surface area contributed by atoms with Crippen LogP contribution in [0.1, 0.15) is 10.6 Å². The van der Waals surface area contributed by atoms with Gasteiger partial charge in [-0.15, -0.1) is 5.10 Å². The van der Waals surface area contributed by atoms with Crippen LogP contribution in [0.25, 0.3) is 17.0 Å². The van der Waals surface area contributed by atoms with Crippen LogP contribution in [0.2, 0.25) is 10.0 Å². The smallest absolute Gasteiger partial charge is 0.375 e. The second-order valence-electron chi connectivity index (χ2n) is 3.91. The number of carboxylic acids is 1. The number of aromatic carboxylic acids is 1. The van der Waals surface area contributed by atoms with Crippen molar-refractivity contribution >= 4 is 34.9 Å². The lowest BCUT2D eigenvalue weighted by molar-refractivity contribution is 0.0684. The summed E-state index contributed by atoms with van der Waals surface area (Å²) in [4.78, 5) is 18.7. The maximum absolute atomic E-state index is 10.9. The molecule has 1 aromatic carbocycles. The second-order valence-corrected chi connectivity index (χ2v) is 4.75. The lowest BCUT2D eigenvalue weighted by atomic mass is 10.1. The number of hydrogen-bond donors (Lipinski definition) is 1. The fourth-order valence-corrected chi connectivity index (χ4v) is 2.29. The Morgan fingerprint density at radius 3 is 2.75 bits per heavy atom. The van der Waals surface area contributed by atoms with E-state index in [0.29, 0.717) is 21.3 Å². The Balaban J connectivity index is 2.28. The molecule has 8 heteroatoms. The van der Waals surface area contributed by atoms with E-state index in [-0.39, 0.29) is 11.6 Å². The van der Waals surface area contributed by atoms with Crippen LogP contribution in [-0.4, -0.2) is 30.7 Å². The van der Waals surface area contributed by atoms with Crippen LogP contribution in [0.5, 0.6) is 0 Å². The molecule has 0 radical (unpaired) electrons. The summed E-state index contributed by atoms with van der Waals surface area (Å²) in [5, 5.41) is 13.8. The van der Waals surface area contributed by atoms with E-state index >= 15 is 0 Å². The second kappa shape index (κ2) is 4.73. The minimum atomic E-state index is -1.22. The fourth-order valence-electron chi connectivity index (χ4n) is 1.79. The molecule has 3 rings (SSSR count). The first kappa shape index (κ1) is 12.8. The zero-order valence-electron chi connectivity index (χ0n) is 9.79. The molecule has 0 fully saturated rings. The Hall–Kier alpha value is -2.18. The average molecular weight is 309 g/mol. The first-order valence-electron chi connectivity index (χ1n) is 5.47. The van der Waals surface area contributed by atoms with Gasteiger partial charge in [0.05, 0.1) is 10.7 Å². The summed E-state index contributed by atoms with van der Waals surface area (Å²) < 4.78 is 1.33. The minimum Gasteiger partial charge on any atom is -0.475 e. The molecule has 0 aliphatic rings. The highest BCUT2D eigenvalue weighted by Gasteiger charge is 2.15. The zero-order chi connectivity index (χ0) is 14.3. The lowest BCUT2D eigenvalue weighted by Crippen LogP contribution is -2.00. The van der Waals surface area contributed by atoms with E-state index in [1.807, 2.05) is 0 Å². The van der Waals surface area contributed by atoms with E-state index in [9.17, 15) is 4.79 Å². The molecule has 2 heterocycles. The predicted molar refractivity (Wildman–Crippen MR) is 73.2 cm³/mol. The van der Waals surface area contributed by atoms with Gasteiger partial charge in [-0.2, -0.15) is 9.50 Å². The van der Waals surface area contributed by atoms with Gasteiger partial charge in [-0.05, 0) is 24.3 Å². The van der Waals surface area contributed by atoms with Crippen molar-refractivity contribution in [3.05, 3.63) is 46.3 Å². The van der Waals surface area contributed by atoms with Gasteiger partial charge in [0.2, 0.25) is 0 Å². The number of fused-ring (bicyclic) bond motifs is 1. The standard InChI is InChI=1S/C12H6Cl2N4O2/c13-6-1-2-7(8(14)5-6)9-3-4-15-12-16-10(11(19)20)17-18(9)12/h1-5H,(H,19,20). The van der Waals surface area contributed by atoms with Gasteiger partial charge in [0.1, 0.15) is 0 Å². The summed E-state index contributed by atoms with van der Waals surface area (Å²) >= 11 is 12.0. The molecule has 0 unspecified atom stereocenters. The Bertz CT molecular complexity index is 831. The largest absolute Gasteiger partial charge is 0.475 e. The molecule has 6 nitrogen and oxygen atoms in total. The molecule has 3 aromatic rings. The van der Waals surface area contributed by atoms with Crippen molar-refractivity contribution in [1.82, 2.24) is 19.6 Å². The number of benzene rings is 1. The Morgan fingerprint density at radius 1 is 1.25 bits per heavy atom. The first-order valence-corrected chi connectivity index (χ1v) is 6.22. The Kier molecular flexibility index (Phi) is 3.04. The number of carbonyl (C=O) groups is 1. The van der Waals surface area contributed by atoms with E-state index < -0.39 is 5.97 Å². The topological polar surface area (TPSA) is 80.4 Å². The van der Waals surface area contributed by atoms with E-state index in [1.54, 1.807) is 24.3 Å². The molecule has 2 aromatic heterocycles. The average Bonchev–Trinajstić information content (AvgIpc) is 2.83. The van der Waals surface area contributed by atoms with Crippen molar-refractivity contribution in [2.24, 2.45) is 0 Å². The van der Waals surface area contributed by atoms with Gasteiger partial charge in [-0.1, -0.05) is 23.2 Å². The molecule has 100 valence electrons. The van der Waals surface area contributed by atoms with Gasteiger partial charge in [0.15, 0.2) is 0 Å². The highest BCUT2D eigenvalue weighted by atomic mass is 35.5. The highest BCUT2D eigenvalue weighted by molar-refractivity contribution is 6.36. The number of rotatable bonds is 2. The zero-order valence-corrected chi connectivity index (χ0v) is 11.3. The van der Waals surface area contributed by atoms with Crippen LogP contribution in [0, 0.1) is 0 Å². The van der Waals surface area contributed by atoms with Crippen molar-refractivity contribution < 1.29 is 9.90 Å². The van der Waals surface area contributed by atoms with E-state index in [1.165, 1.54) is 10.7 Å². The number of hydrogen-bond acceptors (Lipinski definition) is 4. The van der Waals surface area contributed by atoms with Gasteiger partial charge in [-0.3, -0.25) is 0 Å². The summed E-state index contributed by atoms with van der Waals surface area (Å²) in [6, 6.07) is 6.67. The van der Waals surface area contributed by atoms with E-state index in [4.69, 9.17) is 28.3 Å². The quantitative estimate of drug-likeness (QED) is 0.787. The third-order valence-electron chi connectivity index (χ3n) is 2.64. The van der Waals surface area contributed by atoms with Crippen LogP contribution < -0.4 is 0 Å². The minimum absolute atomic E-state index is 0.186. The van der Waals surface area contributed by atoms with Crippen molar-refractivity contribution in [3.8, 4) is 11.3 Å². The maximum Gasteiger partial charge on any atom is 0.375 e. The number of carboxylic acid groups (broad SMARTS) is 1. The monoisotopic (exact) mass is 308 g/mol. The molecular formula is C12H6Cl2N4O2. The Labute approximate surface area is 122 Å². The normalized spacial score (nSPS) is 10.9. The van der Waals surface area contributed by atoms with Crippen molar-refractivity contribution in [3.63, 3.8) is 0 Å². The third-order valence-corrected chi connectivity index (χ3v) is 3.19. The van der Waals surface area contributed by atoms with Gasteiger partial charge in [0.25, 0.3) is 11.6 Å². The van der Waals surface area contributed by atoms with Crippen LogP contribution in [-0.2, 0) is 0 Å². The van der Waals surface area contributed by atoms with E-state index in [0.717, 1.165) is 0 Å². The molecule has 0 spiro atoms. The Morgan fingerprint density at radius 2 is 2.05 bits per heavy atom. The van der Waals surface area contributed by atoms with E-state index in [2.05, 4.69) is 15.1 Å². The molecule has 0 aliphatic heterocycles. The molecule has 1 N–H and O–H groups in total. The molecule has 0 atom stereocenters. The molecule has 20 heavy (non-hydrogen) atoms. The molecule has 0 saturated heterocycles. The maximum atomic E-state index is 10.9. The molecular weight excluding hydrogens is 303 g/mol. The summed E-state index contributed by atoms with van der Waals surface area (Å²) in [5.74, 6) is -1.36. The lowest BCUT2D eigenvalue weighted by Gasteiger charge is -2.06. The predicted octanol–water partition coefficient (Wildman–Crippen LogP) is 2.80. The van der Waals surface area contributed by atoms with Gasteiger partial charge < -0.3 is 5.11 Å². The first-order chi connectivity index (χ1) is 9.56. The summed E-state index contributed by atoms with van der Waals surface area (Å²) in [6.45, 7) is 0. The van der Waals surface area contributed by atoms with Crippen molar-refractivity contribution in [2.75, 3.05) is 0 Å². The number of halogens is 2. The summed E-state index contributed by atoms with van der Waals surface area (Å²) in [5.41, 5.74) is 1.24. The number of aromatic nitrogens is 4. The number of nitrogens with zero attached hydrogens (tertiary/aromatic N) is 4. The summed E-state index contributed by atoms with van der Waals surface area (Å²) in [6.07, 6.45) is 1.51. The third kappa shape index (κ3) is 2.09. The van der Waals surface area contributed by atoms with Crippen LogP contribution in [0.4, 0.5) is 0 Å². The molecule has 0 bridgehead atoms. The molecule has 0 amide bonds. The van der Waals surface area contributed by atoms with Crippen LogP contribution in [0.15, 0.2) is 30.5 Å². The van der Waals surface area contributed by atoms with Gasteiger partial charge in [0, 0.05) is 16.8 Å². The molecule has 0 aliphatic carbocycles. The highest BCUT2D eigenvalue weighted by Crippen LogP contribution is 2.29. The van der Waals surface area contributed by atoms with Gasteiger partial charge in [-0.25, -0.2) is 9.78 Å². The SMILES string of the molecule is O=C(O)c1nc2nccc(-c3ccc(Cl)cc3Cl)n2n1. The fraction of sp³-hybridized carbons (Fsp3) is 0. The molecule has 0 saturated carbocycles. The summed E-state index contributed by atoms with van der Waals surface area (Å²) in [7, 11) is 0. The van der Waals surface area contributed by atoms with Crippen LogP contribution >= 0.6 is 23.2 Å². The van der Waals surface area contributed by atoms with Crippen molar-refractivity contribution in [2.45, 2.75) is 0 Å².